The number of carbonyl (C=O) groups excluding carboxylic acids is 1. The molecule has 0 bridgehead atoms. The Labute approximate surface area is 171 Å². The van der Waals surface area contributed by atoms with Crippen molar-refractivity contribution in [2.75, 3.05) is 4.90 Å². The highest BCUT2D eigenvalue weighted by Crippen LogP contribution is 2.52. The normalized spacial score (nSPS) is 25.5. The van der Waals surface area contributed by atoms with Crippen molar-refractivity contribution in [1.82, 2.24) is 14.8 Å². The second kappa shape index (κ2) is 7.22. The molecule has 2 saturated carbocycles. The Bertz CT molecular complexity index is 900. The lowest BCUT2D eigenvalue weighted by molar-refractivity contribution is 0.0311. The van der Waals surface area contributed by atoms with Gasteiger partial charge >= 0.3 is 0 Å². The van der Waals surface area contributed by atoms with E-state index >= 15 is 0 Å². The van der Waals surface area contributed by atoms with E-state index in [1.54, 1.807) is 12.1 Å². The van der Waals surface area contributed by atoms with Crippen LogP contribution in [0.3, 0.4) is 0 Å². The van der Waals surface area contributed by atoms with E-state index in [0.717, 1.165) is 44.3 Å². The van der Waals surface area contributed by atoms with Gasteiger partial charge in [0.05, 0.1) is 5.54 Å². The molecule has 6 heteroatoms. The van der Waals surface area contributed by atoms with Crippen molar-refractivity contribution >= 4 is 11.9 Å². The second-order valence-corrected chi connectivity index (χ2v) is 8.90. The van der Waals surface area contributed by atoms with E-state index in [9.17, 15) is 9.18 Å². The molecule has 1 aromatic heterocycles. The van der Waals surface area contributed by atoms with E-state index in [-0.39, 0.29) is 23.3 Å². The maximum Gasteiger partial charge on any atom is 0.260 e. The first kappa shape index (κ1) is 18.8. The molecular formula is C23H29FN4O. The van der Waals surface area contributed by atoms with E-state index in [1.165, 1.54) is 37.8 Å². The van der Waals surface area contributed by atoms with E-state index in [2.05, 4.69) is 11.6 Å². The molecule has 2 atom stereocenters. The highest BCUT2D eigenvalue weighted by molar-refractivity contribution is 6.05. The van der Waals surface area contributed by atoms with Crippen molar-refractivity contribution in [3.63, 3.8) is 0 Å². The zero-order valence-corrected chi connectivity index (χ0v) is 17.1. The standard InChI is InChI=1S/C23H29FN4O/c1-2-20-25-22-27(21(29)16-10-12-17(24)13-11-16)19-9-5-4-8-18(19)23(28(22)26-20)14-6-3-7-15-23/h10-13,18-19H,2-9,14-15H2,1H3/t18-,19+/m1/s1. The number of amides is 1. The number of hydrogen-bond acceptors (Lipinski definition) is 3. The third-order valence-corrected chi connectivity index (χ3v) is 7.37. The van der Waals surface area contributed by atoms with E-state index in [4.69, 9.17) is 10.1 Å². The average Bonchev–Trinajstić information content (AvgIpc) is 3.20. The van der Waals surface area contributed by atoms with Crippen LogP contribution in [0.2, 0.25) is 0 Å². The first-order valence-corrected chi connectivity index (χ1v) is 11.2. The summed E-state index contributed by atoms with van der Waals surface area (Å²) in [5.41, 5.74) is 0.515. The fraction of sp³-hybridized carbons (Fsp3) is 0.609. The van der Waals surface area contributed by atoms with Crippen LogP contribution in [0.5, 0.6) is 0 Å². The van der Waals surface area contributed by atoms with Crippen LogP contribution in [-0.4, -0.2) is 26.7 Å². The van der Waals surface area contributed by atoms with Gasteiger partial charge in [-0.25, -0.2) is 9.07 Å². The Morgan fingerprint density at radius 3 is 2.55 bits per heavy atom. The van der Waals surface area contributed by atoms with E-state index in [1.807, 2.05) is 4.90 Å². The van der Waals surface area contributed by atoms with Gasteiger partial charge in [-0.15, -0.1) is 0 Å². The number of halogens is 1. The molecule has 0 N–H and O–H groups in total. The van der Waals surface area contributed by atoms with Crippen molar-refractivity contribution in [1.29, 1.82) is 0 Å². The number of aryl methyl sites for hydroxylation is 1. The van der Waals surface area contributed by atoms with Crippen molar-refractivity contribution in [2.24, 2.45) is 5.92 Å². The van der Waals surface area contributed by atoms with Gasteiger partial charge in [-0.2, -0.15) is 10.1 Å². The van der Waals surface area contributed by atoms with Gasteiger partial charge in [-0.05, 0) is 49.9 Å². The van der Waals surface area contributed by atoms with Crippen LogP contribution in [0.4, 0.5) is 10.3 Å². The average molecular weight is 397 g/mol. The number of benzene rings is 1. The molecular weight excluding hydrogens is 367 g/mol. The fourth-order valence-electron chi connectivity index (χ4n) is 6.02. The minimum absolute atomic E-state index is 0.00132. The number of anilines is 1. The van der Waals surface area contributed by atoms with Crippen LogP contribution in [0, 0.1) is 11.7 Å². The van der Waals surface area contributed by atoms with Crippen molar-refractivity contribution in [3.8, 4) is 0 Å². The van der Waals surface area contributed by atoms with Crippen LogP contribution in [-0.2, 0) is 12.0 Å². The number of nitrogens with zero attached hydrogens (tertiary/aromatic N) is 4. The molecule has 1 aliphatic heterocycles. The summed E-state index contributed by atoms with van der Waals surface area (Å²) in [7, 11) is 0. The van der Waals surface area contributed by atoms with E-state index < -0.39 is 0 Å². The molecule has 2 fully saturated rings. The number of aromatic nitrogens is 3. The number of rotatable bonds is 2. The van der Waals surface area contributed by atoms with Gasteiger partial charge in [-0.3, -0.25) is 9.69 Å². The van der Waals surface area contributed by atoms with Gasteiger partial charge in [-0.1, -0.05) is 39.0 Å². The van der Waals surface area contributed by atoms with Crippen molar-refractivity contribution in [3.05, 3.63) is 41.5 Å². The van der Waals surface area contributed by atoms with Gasteiger partial charge in [0.15, 0.2) is 5.82 Å². The number of hydrogen-bond donors (Lipinski definition) is 0. The molecule has 2 heterocycles. The molecule has 154 valence electrons. The fourth-order valence-corrected chi connectivity index (χ4v) is 6.02. The highest BCUT2D eigenvalue weighted by atomic mass is 19.1. The summed E-state index contributed by atoms with van der Waals surface area (Å²) in [5.74, 6) is 1.53. The molecule has 5 rings (SSSR count). The molecule has 1 amide bonds. The Kier molecular flexibility index (Phi) is 4.67. The van der Waals surface area contributed by atoms with Crippen LogP contribution >= 0.6 is 0 Å². The summed E-state index contributed by atoms with van der Waals surface area (Å²) in [4.78, 5) is 20.4. The Morgan fingerprint density at radius 2 is 1.83 bits per heavy atom. The molecule has 2 aliphatic carbocycles. The second-order valence-electron chi connectivity index (χ2n) is 8.90. The summed E-state index contributed by atoms with van der Waals surface area (Å²) in [6, 6.07) is 6.05. The number of fused-ring (bicyclic) bond motifs is 4. The van der Waals surface area contributed by atoms with Crippen LogP contribution < -0.4 is 4.90 Å². The largest absolute Gasteiger partial charge is 0.273 e. The van der Waals surface area contributed by atoms with E-state index in [0.29, 0.717) is 17.4 Å². The first-order chi connectivity index (χ1) is 14.1. The number of carbonyl (C=O) groups is 1. The Hall–Kier alpha value is -2.24. The van der Waals surface area contributed by atoms with Crippen LogP contribution in [0.1, 0.15) is 80.9 Å². The quantitative estimate of drug-likeness (QED) is 0.728. The molecule has 2 aromatic rings. The van der Waals surface area contributed by atoms with Crippen LogP contribution in [0.15, 0.2) is 24.3 Å². The maximum atomic E-state index is 13.6. The van der Waals surface area contributed by atoms with Crippen LogP contribution in [0.25, 0.3) is 0 Å². The SMILES string of the molecule is CCc1nc2n(n1)C1(CCCCC1)[C@@H]1CCCC[C@@H]1N2C(=O)c1ccc(F)cc1. The lowest BCUT2D eigenvalue weighted by atomic mass is 9.64. The minimum atomic E-state index is -0.326. The lowest BCUT2D eigenvalue weighted by Gasteiger charge is -2.55. The Morgan fingerprint density at radius 1 is 1.10 bits per heavy atom. The highest BCUT2D eigenvalue weighted by Gasteiger charge is 2.55. The van der Waals surface area contributed by atoms with Gasteiger partial charge in [0, 0.05) is 23.9 Å². The third kappa shape index (κ3) is 2.90. The predicted molar refractivity (Wildman–Crippen MR) is 109 cm³/mol. The maximum absolute atomic E-state index is 13.6. The molecule has 0 unspecified atom stereocenters. The summed E-state index contributed by atoms with van der Waals surface area (Å²) < 4.78 is 15.6. The molecule has 1 aromatic carbocycles. The van der Waals surface area contributed by atoms with Gasteiger partial charge in [0.1, 0.15) is 5.82 Å². The minimum Gasteiger partial charge on any atom is -0.273 e. The first-order valence-electron chi connectivity index (χ1n) is 11.2. The van der Waals surface area contributed by atoms with Gasteiger partial charge in [0.25, 0.3) is 5.91 Å². The summed E-state index contributed by atoms with van der Waals surface area (Å²) in [5, 5.41) is 4.93. The monoisotopic (exact) mass is 396 g/mol. The zero-order valence-electron chi connectivity index (χ0n) is 17.1. The summed E-state index contributed by atoms with van der Waals surface area (Å²) in [6.07, 6.45) is 11.2. The molecule has 5 nitrogen and oxygen atoms in total. The van der Waals surface area contributed by atoms with Crippen molar-refractivity contribution in [2.45, 2.75) is 82.7 Å². The molecule has 3 aliphatic rings. The molecule has 0 saturated heterocycles. The topological polar surface area (TPSA) is 51.0 Å². The van der Waals surface area contributed by atoms with Crippen molar-refractivity contribution < 1.29 is 9.18 Å². The molecule has 0 radical (unpaired) electrons. The van der Waals surface area contributed by atoms with Gasteiger partial charge < -0.3 is 0 Å². The smallest absolute Gasteiger partial charge is 0.260 e. The third-order valence-electron chi connectivity index (χ3n) is 7.37. The zero-order chi connectivity index (χ0) is 20.0. The van der Waals surface area contributed by atoms with Gasteiger partial charge in [0.2, 0.25) is 5.95 Å². The lowest BCUT2D eigenvalue weighted by Crippen LogP contribution is -2.61. The summed E-state index contributed by atoms with van der Waals surface area (Å²) >= 11 is 0. The summed E-state index contributed by atoms with van der Waals surface area (Å²) in [6.45, 7) is 2.06. The predicted octanol–water partition coefficient (Wildman–Crippen LogP) is 4.86. The molecule has 1 spiro atoms. The Balaban J connectivity index is 1.66. The molecule has 29 heavy (non-hydrogen) atoms.